The molecular weight excluding hydrogens is 674 g/mol. The second-order valence-corrected chi connectivity index (χ2v) is 13.8. The molecule has 11 nitrogen and oxygen atoms in total. The van der Waals surface area contributed by atoms with Gasteiger partial charge in [-0.2, -0.15) is 0 Å². The van der Waals surface area contributed by atoms with Crippen molar-refractivity contribution < 1.29 is 33.9 Å². The van der Waals surface area contributed by atoms with Crippen molar-refractivity contribution in [3.05, 3.63) is 135 Å². The van der Waals surface area contributed by atoms with Crippen LogP contribution in [-0.4, -0.2) is 40.8 Å². The highest BCUT2D eigenvalue weighted by atomic mass is 35.5. The number of halogens is 1. The van der Waals surface area contributed by atoms with Crippen molar-refractivity contribution in [3.63, 3.8) is 0 Å². The minimum atomic E-state index is -1.50. The summed E-state index contributed by atoms with van der Waals surface area (Å²) in [5.74, 6) is -5.99. The number of non-ortho nitro benzene ring substituents is 1. The number of rotatable bonds is 6. The van der Waals surface area contributed by atoms with Crippen LogP contribution in [0.25, 0.3) is 0 Å². The zero-order valence-corrected chi connectivity index (χ0v) is 27.9. The van der Waals surface area contributed by atoms with Crippen molar-refractivity contribution >= 4 is 52.3 Å². The van der Waals surface area contributed by atoms with Crippen LogP contribution in [0, 0.1) is 33.8 Å². The fraction of sp³-hybridized carbons (Fsp3) is 0.231. The SMILES string of the molecule is COc1cc(C2C3=CCC4C(=O)N(c5cccc([N+](=O)[O-])c5)C(=O)C4C3CC3C(=O)N(c4cccc(Cl)c4)C(=O)C32c2ccccc2)ccc1O. The largest absolute Gasteiger partial charge is 0.504 e. The monoisotopic (exact) mass is 703 g/mol. The van der Waals surface area contributed by atoms with Crippen LogP contribution in [0.2, 0.25) is 5.02 Å². The smallest absolute Gasteiger partial charge is 0.271 e. The molecule has 2 aliphatic heterocycles. The Morgan fingerprint density at radius 2 is 1.57 bits per heavy atom. The Kier molecular flexibility index (Phi) is 7.57. The lowest BCUT2D eigenvalue weighted by molar-refractivity contribution is -0.384. The standard InChI is InChI=1S/C39H30ClN3O8/c1-51-32-17-21(13-16-31(32)44)34-27-14-15-28-33(37(47)41(35(28)45)25-11-6-12-26(19-25)43(49)50)29(27)20-30-36(46)42(24-10-5-9-23(40)18-24)38(48)39(30,34)22-7-3-2-4-8-22/h2-14,16-19,28-30,33-34,44H,15,20H2,1H3. The predicted molar refractivity (Wildman–Crippen MR) is 186 cm³/mol. The fourth-order valence-corrected chi connectivity index (χ4v) is 9.18. The predicted octanol–water partition coefficient (Wildman–Crippen LogP) is 6.33. The molecule has 2 aliphatic carbocycles. The maximum Gasteiger partial charge on any atom is 0.271 e. The number of fused-ring (bicyclic) bond motifs is 4. The van der Waals surface area contributed by atoms with E-state index in [1.807, 2.05) is 36.4 Å². The van der Waals surface area contributed by atoms with E-state index < -0.39 is 63.6 Å². The molecule has 4 aromatic rings. The van der Waals surface area contributed by atoms with E-state index in [0.717, 1.165) is 10.5 Å². The maximum atomic E-state index is 15.3. The van der Waals surface area contributed by atoms with Gasteiger partial charge in [-0.25, -0.2) is 9.80 Å². The van der Waals surface area contributed by atoms with E-state index in [9.17, 15) is 29.6 Å². The number of ether oxygens (including phenoxy) is 1. The van der Waals surface area contributed by atoms with Crippen molar-refractivity contribution in [1.82, 2.24) is 0 Å². The number of nitro groups is 1. The van der Waals surface area contributed by atoms with E-state index in [0.29, 0.717) is 21.8 Å². The molecule has 1 N–H and O–H groups in total. The van der Waals surface area contributed by atoms with Crippen LogP contribution in [0.1, 0.15) is 29.9 Å². The second kappa shape index (κ2) is 11.9. The molecule has 4 aliphatic rings. The molecule has 2 heterocycles. The number of phenols is 1. The summed E-state index contributed by atoms with van der Waals surface area (Å²) in [6.07, 6.45) is 2.17. The van der Waals surface area contributed by atoms with Crippen molar-refractivity contribution in [2.75, 3.05) is 16.9 Å². The van der Waals surface area contributed by atoms with Crippen molar-refractivity contribution in [2.45, 2.75) is 24.2 Å². The molecule has 0 aromatic heterocycles. The van der Waals surface area contributed by atoms with Gasteiger partial charge in [-0.3, -0.25) is 29.3 Å². The first kappa shape index (κ1) is 32.4. The summed E-state index contributed by atoms with van der Waals surface area (Å²) in [6, 6.07) is 25.8. The van der Waals surface area contributed by atoms with Gasteiger partial charge in [0.25, 0.3) is 5.69 Å². The molecule has 2 saturated heterocycles. The Labute approximate surface area is 296 Å². The van der Waals surface area contributed by atoms with E-state index in [-0.39, 0.29) is 35.7 Å². The van der Waals surface area contributed by atoms with Crippen LogP contribution >= 0.6 is 11.6 Å². The number of phenolic OH excluding ortho intramolecular Hbond substituents is 1. The van der Waals surface area contributed by atoms with Crippen LogP contribution in [-0.2, 0) is 24.6 Å². The number of hydrogen-bond donors (Lipinski definition) is 1. The summed E-state index contributed by atoms with van der Waals surface area (Å²) in [6.45, 7) is 0. The molecule has 12 heteroatoms. The molecular formula is C39H30ClN3O8. The van der Waals surface area contributed by atoms with Crippen molar-refractivity contribution in [2.24, 2.45) is 23.7 Å². The maximum absolute atomic E-state index is 15.3. The van der Waals surface area contributed by atoms with Gasteiger partial charge in [-0.15, -0.1) is 0 Å². The molecule has 0 radical (unpaired) electrons. The lowest BCUT2D eigenvalue weighted by atomic mass is 9.49. The van der Waals surface area contributed by atoms with Gasteiger partial charge >= 0.3 is 0 Å². The zero-order chi connectivity index (χ0) is 35.8. The lowest BCUT2D eigenvalue weighted by Crippen LogP contribution is -2.53. The van der Waals surface area contributed by atoms with Crippen LogP contribution in [0.5, 0.6) is 11.5 Å². The number of nitro benzene ring substituents is 1. The normalized spacial score (nSPS) is 26.8. The minimum absolute atomic E-state index is 0.0804. The molecule has 0 bridgehead atoms. The summed E-state index contributed by atoms with van der Waals surface area (Å²) in [5, 5.41) is 22.5. The van der Waals surface area contributed by atoms with Crippen LogP contribution in [0.15, 0.2) is 109 Å². The zero-order valence-electron chi connectivity index (χ0n) is 27.1. The number of imide groups is 2. The first-order chi connectivity index (χ1) is 24.6. The average Bonchev–Trinajstić information content (AvgIpc) is 3.53. The van der Waals surface area contributed by atoms with E-state index in [1.165, 1.54) is 42.3 Å². The van der Waals surface area contributed by atoms with E-state index in [4.69, 9.17) is 16.3 Å². The summed E-state index contributed by atoms with van der Waals surface area (Å²) < 4.78 is 5.50. The van der Waals surface area contributed by atoms with Crippen LogP contribution < -0.4 is 14.5 Å². The highest BCUT2D eigenvalue weighted by molar-refractivity contribution is 6.32. The Bertz CT molecular complexity index is 2210. The Hall–Kier alpha value is -5.81. The van der Waals surface area contributed by atoms with Gasteiger partial charge < -0.3 is 9.84 Å². The van der Waals surface area contributed by atoms with Gasteiger partial charge in [0.2, 0.25) is 23.6 Å². The first-order valence-corrected chi connectivity index (χ1v) is 16.8. The number of carbonyl (C=O) groups excluding carboxylic acids is 4. The van der Waals surface area contributed by atoms with Gasteiger partial charge in [0.15, 0.2) is 11.5 Å². The third kappa shape index (κ3) is 4.64. The first-order valence-electron chi connectivity index (χ1n) is 16.5. The van der Waals surface area contributed by atoms with Crippen LogP contribution in [0.3, 0.4) is 0 Å². The molecule has 4 amide bonds. The molecule has 6 atom stereocenters. The number of hydrogen-bond acceptors (Lipinski definition) is 8. The molecule has 1 saturated carbocycles. The topological polar surface area (TPSA) is 147 Å². The summed E-state index contributed by atoms with van der Waals surface area (Å²) in [5.41, 5.74) is 0.553. The van der Waals surface area contributed by atoms with Gasteiger partial charge in [0.1, 0.15) is 0 Å². The van der Waals surface area contributed by atoms with Crippen molar-refractivity contribution in [3.8, 4) is 11.5 Å². The number of benzene rings is 4. The summed E-state index contributed by atoms with van der Waals surface area (Å²) in [4.78, 5) is 71.8. The van der Waals surface area contributed by atoms with Gasteiger partial charge in [-0.1, -0.05) is 71.8 Å². The minimum Gasteiger partial charge on any atom is -0.504 e. The van der Waals surface area contributed by atoms with Crippen molar-refractivity contribution in [1.29, 1.82) is 0 Å². The number of methoxy groups -OCH3 is 1. The number of anilines is 2. The highest BCUT2D eigenvalue weighted by Crippen LogP contribution is 2.65. The quantitative estimate of drug-likeness (QED) is 0.106. The Morgan fingerprint density at radius 3 is 2.27 bits per heavy atom. The van der Waals surface area contributed by atoms with Gasteiger partial charge in [0.05, 0.1) is 46.6 Å². The van der Waals surface area contributed by atoms with Gasteiger partial charge in [0, 0.05) is 23.1 Å². The molecule has 8 rings (SSSR count). The third-order valence-electron chi connectivity index (χ3n) is 11.0. The van der Waals surface area contributed by atoms with Crippen LogP contribution in [0.4, 0.5) is 17.1 Å². The molecule has 6 unspecified atom stereocenters. The third-order valence-corrected chi connectivity index (χ3v) is 11.2. The number of carbonyl (C=O) groups is 4. The molecule has 51 heavy (non-hydrogen) atoms. The van der Waals surface area contributed by atoms with E-state index in [2.05, 4.69) is 0 Å². The number of nitrogens with zero attached hydrogens (tertiary/aromatic N) is 3. The molecule has 4 aromatic carbocycles. The average molecular weight is 704 g/mol. The molecule has 3 fully saturated rings. The lowest BCUT2D eigenvalue weighted by Gasteiger charge is -2.50. The van der Waals surface area contributed by atoms with E-state index in [1.54, 1.807) is 36.4 Å². The highest BCUT2D eigenvalue weighted by Gasteiger charge is 2.70. The van der Waals surface area contributed by atoms with Gasteiger partial charge in [-0.05, 0) is 66.3 Å². The fourth-order valence-electron chi connectivity index (χ4n) is 8.99. The van der Waals surface area contributed by atoms with E-state index >= 15 is 4.79 Å². The Morgan fingerprint density at radius 1 is 0.843 bits per heavy atom. The summed E-state index contributed by atoms with van der Waals surface area (Å²) >= 11 is 6.37. The number of allylic oxidation sites excluding steroid dienone is 2. The summed E-state index contributed by atoms with van der Waals surface area (Å²) in [7, 11) is 1.42. The number of aromatic hydroxyl groups is 1. The molecule has 0 spiro atoms. The molecule has 256 valence electrons. The number of amides is 4. The second-order valence-electron chi connectivity index (χ2n) is 13.3. The Balaban J connectivity index is 1.34.